The quantitative estimate of drug-likeness (QED) is 0.559. The van der Waals surface area contributed by atoms with Gasteiger partial charge in [-0.05, 0) is 60.7 Å². The Labute approximate surface area is 156 Å². The summed E-state index contributed by atoms with van der Waals surface area (Å²) in [5, 5.41) is 6.35. The molecule has 3 N–H and O–H groups in total. The van der Waals surface area contributed by atoms with E-state index < -0.39 is 10.0 Å². The van der Waals surface area contributed by atoms with Crippen molar-refractivity contribution in [3.8, 4) is 0 Å². The van der Waals surface area contributed by atoms with Gasteiger partial charge in [-0.1, -0.05) is 0 Å². The molecule has 2 aromatic heterocycles. The highest BCUT2D eigenvalue weighted by molar-refractivity contribution is 7.89. The van der Waals surface area contributed by atoms with Crippen LogP contribution < -0.4 is 15.4 Å². The van der Waals surface area contributed by atoms with E-state index >= 15 is 0 Å². The Morgan fingerprint density at radius 2 is 1.81 bits per heavy atom. The molecule has 0 saturated heterocycles. The summed E-state index contributed by atoms with van der Waals surface area (Å²) in [5.74, 6) is 0.540. The van der Waals surface area contributed by atoms with Crippen LogP contribution in [0.15, 0.2) is 76.5 Å². The molecule has 1 aromatic carbocycles. The van der Waals surface area contributed by atoms with E-state index in [0.717, 1.165) is 5.69 Å². The van der Waals surface area contributed by atoms with Crippen LogP contribution >= 0.6 is 12.2 Å². The second-order valence-electron chi connectivity index (χ2n) is 5.25. The number of sulfonamides is 1. The summed E-state index contributed by atoms with van der Waals surface area (Å²) in [7, 11) is -3.62. The van der Waals surface area contributed by atoms with Crippen LogP contribution in [0.1, 0.15) is 5.76 Å². The largest absolute Gasteiger partial charge is 0.468 e. The first-order valence-corrected chi connectivity index (χ1v) is 9.52. The molecule has 134 valence electrons. The van der Waals surface area contributed by atoms with Gasteiger partial charge in [0.2, 0.25) is 10.0 Å². The normalized spacial score (nSPS) is 11.1. The van der Waals surface area contributed by atoms with Crippen molar-refractivity contribution in [3.05, 3.63) is 72.9 Å². The molecule has 0 aliphatic carbocycles. The van der Waals surface area contributed by atoms with E-state index in [4.69, 9.17) is 16.6 Å². The number of furan rings is 1. The van der Waals surface area contributed by atoms with Crippen LogP contribution in [-0.2, 0) is 16.6 Å². The number of nitrogens with one attached hydrogen (secondary N) is 3. The number of hydrogen-bond acceptors (Lipinski definition) is 5. The first-order valence-electron chi connectivity index (χ1n) is 7.63. The lowest BCUT2D eigenvalue weighted by Gasteiger charge is -2.11. The molecule has 3 rings (SSSR count). The average Bonchev–Trinajstić information content (AvgIpc) is 3.15. The molecule has 0 unspecified atom stereocenters. The van der Waals surface area contributed by atoms with Crippen LogP contribution in [0.4, 0.5) is 11.4 Å². The number of hydrogen-bond donors (Lipinski definition) is 3. The molecular formula is C17H16N4O3S2. The van der Waals surface area contributed by atoms with Crippen molar-refractivity contribution in [2.24, 2.45) is 0 Å². The molecule has 0 saturated carbocycles. The van der Waals surface area contributed by atoms with Crippen LogP contribution in [-0.4, -0.2) is 18.5 Å². The van der Waals surface area contributed by atoms with Crippen molar-refractivity contribution in [1.29, 1.82) is 0 Å². The maximum absolute atomic E-state index is 12.3. The molecule has 0 atom stereocenters. The Morgan fingerprint density at radius 3 is 2.46 bits per heavy atom. The summed E-state index contributed by atoms with van der Waals surface area (Å²) in [6, 6.07) is 13.3. The van der Waals surface area contributed by atoms with Crippen molar-refractivity contribution >= 4 is 38.7 Å². The third-order valence-electron chi connectivity index (χ3n) is 3.36. The van der Waals surface area contributed by atoms with Gasteiger partial charge in [-0.2, -0.15) is 0 Å². The smallest absolute Gasteiger partial charge is 0.240 e. The van der Waals surface area contributed by atoms with Gasteiger partial charge in [0.05, 0.1) is 29.6 Å². The summed E-state index contributed by atoms with van der Waals surface area (Å²) < 4.78 is 32.2. The van der Waals surface area contributed by atoms with Gasteiger partial charge in [-0.15, -0.1) is 0 Å². The number of benzene rings is 1. The van der Waals surface area contributed by atoms with Crippen LogP contribution in [0.5, 0.6) is 0 Å². The fraction of sp³-hybridized carbons (Fsp3) is 0.0588. The Morgan fingerprint density at radius 1 is 1.04 bits per heavy atom. The molecule has 26 heavy (non-hydrogen) atoms. The molecular weight excluding hydrogens is 372 g/mol. The molecule has 0 amide bonds. The standard InChI is InChI=1S/C17H16N4O3S2/c22-26(23,19-12-15-4-2-10-24-15)16-7-5-13(6-8-16)20-17(25)21-14-3-1-9-18-11-14/h1-11,19H,12H2,(H2,20,21,25). The molecule has 0 aliphatic rings. The zero-order valence-corrected chi connectivity index (χ0v) is 15.2. The second-order valence-corrected chi connectivity index (χ2v) is 7.42. The van der Waals surface area contributed by atoms with Crippen LogP contribution in [0.3, 0.4) is 0 Å². The molecule has 0 aliphatic heterocycles. The summed E-state index contributed by atoms with van der Waals surface area (Å²) in [4.78, 5) is 4.14. The SMILES string of the molecule is O=S(=O)(NCc1ccco1)c1ccc(NC(=S)Nc2cccnc2)cc1. The molecule has 0 spiro atoms. The lowest BCUT2D eigenvalue weighted by atomic mass is 10.3. The lowest BCUT2D eigenvalue weighted by molar-refractivity contribution is 0.498. The monoisotopic (exact) mass is 388 g/mol. The molecule has 0 radical (unpaired) electrons. The molecule has 0 fully saturated rings. The van der Waals surface area contributed by atoms with Gasteiger partial charge in [-0.25, -0.2) is 13.1 Å². The Balaban J connectivity index is 1.59. The zero-order valence-electron chi connectivity index (χ0n) is 13.5. The van der Waals surface area contributed by atoms with Gasteiger partial charge in [0.25, 0.3) is 0 Å². The van der Waals surface area contributed by atoms with E-state index in [1.165, 1.54) is 18.4 Å². The van der Waals surface area contributed by atoms with E-state index in [2.05, 4.69) is 20.3 Å². The van der Waals surface area contributed by atoms with E-state index in [-0.39, 0.29) is 11.4 Å². The summed E-state index contributed by atoms with van der Waals surface area (Å²) in [5.41, 5.74) is 1.42. The summed E-state index contributed by atoms with van der Waals surface area (Å²) in [6.07, 6.45) is 4.81. The van der Waals surface area contributed by atoms with Gasteiger partial charge < -0.3 is 15.1 Å². The highest BCUT2D eigenvalue weighted by atomic mass is 32.2. The van der Waals surface area contributed by atoms with Crippen LogP contribution in [0.2, 0.25) is 0 Å². The number of aromatic nitrogens is 1. The Hall–Kier alpha value is -2.75. The maximum atomic E-state index is 12.3. The number of thiocarbonyl (C=S) groups is 1. The highest BCUT2D eigenvalue weighted by Crippen LogP contribution is 2.15. The van der Waals surface area contributed by atoms with Crippen molar-refractivity contribution < 1.29 is 12.8 Å². The summed E-state index contributed by atoms with van der Waals surface area (Å²) >= 11 is 5.22. The van der Waals surface area contributed by atoms with Gasteiger partial charge in [0, 0.05) is 11.9 Å². The molecule has 7 nitrogen and oxygen atoms in total. The van der Waals surface area contributed by atoms with Crippen molar-refractivity contribution in [2.45, 2.75) is 11.4 Å². The van der Waals surface area contributed by atoms with Gasteiger partial charge >= 0.3 is 0 Å². The third-order valence-corrected chi connectivity index (χ3v) is 4.98. The molecule has 3 aromatic rings. The minimum absolute atomic E-state index is 0.0917. The van der Waals surface area contributed by atoms with E-state index in [1.54, 1.807) is 42.7 Å². The van der Waals surface area contributed by atoms with E-state index in [9.17, 15) is 8.42 Å². The van der Waals surface area contributed by atoms with Gasteiger partial charge in [-0.3, -0.25) is 4.98 Å². The first-order chi connectivity index (χ1) is 12.5. The fourth-order valence-electron chi connectivity index (χ4n) is 2.11. The van der Waals surface area contributed by atoms with Crippen LogP contribution in [0.25, 0.3) is 0 Å². The average molecular weight is 388 g/mol. The molecule has 0 bridgehead atoms. The predicted molar refractivity (Wildman–Crippen MR) is 103 cm³/mol. The topological polar surface area (TPSA) is 96.3 Å². The molecule has 2 heterocycles. The van der Waals surface area contributed by atoms with Crippen molar-refractivity contribution in [2.75, 3.05) is 10.6 Å². The minimum atomic E-state index is -3.62. The summed E-state index contributed by atoms with van der Waals surface area (Å²) in [6.45, 7) is 0.0917. The number of rotatable bonds is 6. The molecule has 9 heteroatoms. The number of anilines is 2. The number of pyridine rings is 1. The Bertz CT molecular complexity index is 957. The van der Waals surface area contributed by atoms with Gasteiger partial charge in [0.15, 0.2) is 5.11 Å². The highest BCUT2D eigenvalue weighted by Gasteiger charge is 2.14. The Kier molecular flexibility index (Phi) is 5.61. The first kappa shape index (κ1) is 18.1. The predicted octanol–water partition coefficient (Wildman–Crippen LogP) is 2.96. The van der Waals surface area contributed by atoms with Crippen molar-refractivity contribution in [1.82, 2.24) is 9.71 Å². The third kappa shape index (κ3) is 4.88. The van der Waals surface area contributed by atoms with E-state index in [1.807, 2.05) is 6.07 Å². The van der Waals surface area contributed by atoms with Crippen molar-refractivity contribution in [3.63, 3.8) is 0 Å². The lowest BCUT2D eigenvalue weighted by Crippen LogP contribution is -2.23. The van der Waals surface area contributed by atoms with Gasteiger partial charge in [0.1, 0.15) is 5.76 Å². The zero-order chi connectivity index (χ0) is 18.4. The minimum Gasteiger partial charge on any atom is -0.468 e. The fourth-order valence-corrected chi connectivity index (χ4v) is 3.34. The number of nitrogens with zero attached hydrogens (tertiary/aromatic N) is 1. The van der Waals surface area contributed by atoms with E-state index in [0.29, 0.717) is 16.6 Å². The maximum Gasteiger partial charge on any atom is 0.240 e. The second kappa shape index (κ2) is 8.09. The van der Waals surface area contributed by atoms with Crippen LogP contribution in [0, 0.1) is 0 Å².